The third kappa shape index (κ3) is 1.93. The lowest BCUT2D eigenvalue weighted by molar-refractivity contribution is -0.734. The second kappa shape index (κ2) is 4.49. The molecule has 0 aliphatic heterocycles. The molecule has 0 aliphatic carbocycles. The van der Waals surface area contributed by atoms with Gasteiger partial charge in [0.25, 0.3) is 10.6 Å². The molecule has 1 heterocycles. The Morgan fingerprint density at radius 2 is 1.58 bits per heavy atom. The normalized spacial score (nSPS) is 10.5. The van der Waals surface area contributed by atoms with Crippen molar-refractivity contribution in [2.24, 2.45) is 0 Å². The molecule has 92 valence electrons. The van der Waals surface area contributed by atoms with Crippen LogP contribution in [0.1, 0.15) is 0 Å². The lowest BCUT2D eigenvalue weighted by Crippen LogP contribution is -2.31. The van der Waals surface area contributed by atoms with Gasteiger partial charge < -0.3 is 0 Å². The number of rotatable bonds is 2. The van der Waals surface area contributed by atoms with Crippen LogP contribution in [0.15, 0.2) is 66.9 Å². The van der Waals surface area contributed by atoms with Gasteiger partial charge in [-0.15, -0.1) is 0 Å². The first-order valence-electron chi connectivity index (χ1n) is 5.92. The molecule has 19 heavy (non-hydrogen) atoms. The summed E-state index contributed by atoms with van der Waals surface area (Å²) in [4.78, 5) is 11.1. The van der Waals surface area contributed by atoms with E-state index in [1.54, 1.807) is 18.2 Å². The molecule has 0 aliphatic rings. The highest BCUT2D eigenvalue weighted by Gasteiger charge is 2.26. The maximum absolute atomic E-state index is 11.2. The quantitative estimate of drug-likeness (QED) is 0.563. The van der Waals surface area contributed by atoms with Crippen LogP contribution >= 0.6 is 0 Å². The Bertz CT molecular complexity index is 763. The number of nitrogens with zero attached hydrogens (tertiary/aromatic N) is 2. The number of benzene rings is 2. The molecule has 4 heteroatoms. The fraction of sp³-hybridized carbons (Fsp3) is 0. The largest absolute Gasteiger partial charge is 0.387 e. The van der Waals surface area contributed by atoms with E-state index >= 15 is 0 Å². The van der Waals surface area contributed by atoms with Crippen LogP contribution in [-0.4, -0.2) is 10.1 Å². The first kappa shape index (κ1) is 11.3. The Hall–Kier alpha value is -2.75. The molecule has 0 unspecified atom stereocenters. The van der Waals surface area contributed by atoms with Crippen molar-refractivity contribution in [1.82, 2.24) is 0 Å². The Kier molecular flexibility index (Phi) is 2.68. The van der Waals surface area contributed by atoms with Crippen molar-refractivity contribution in [3.8, 4) is 5.69 Å². The zero-order valence-corrected chi connectivity index (χ0v) is 10.1. The molecule has 4 nitrogen and oxygen atoms in total. The molecule has 0 radical (unpaired) electrons. The Morgan fingerprint density at radius 3 is 2.42 bits per heavy atom. The standard InChI is InChI=1S/C15H12N2O2/c18-17(19)15-10-4-3-9-14(15)16-11-5-7-12-6-1-2-8-13(12)16/h1-11H,(H,18,19)/q+2. The first-order valence-corrected chi connectivity index (χ1v) is 5.92. The third-order valence-corrected chi connectivity index (χ3v) is 3.05. The number of pyridine rings is 1. The summed E-state index contributed by atoms with van der Waals surface area (Å²) >= 11 is 0. The molecule has 1 aromatic heterocycles. The Balaban J connectivity index is 2.34. The van der Waals surface area contributed by atoms with Crippen molar-refractivity contribution < 1.29 is 14.7 Å². The van der Waals surface area contributed by atoms with Crippen LogP contribution < -0.4 is 4.57 Å². The van der Waals surface area contributed by atoms with Gasteiger partial charge in [0.15, 0.2) is 6.20 Å². The van der Waals surface area contributed by atoms with Gasteiger partial charge in [-0.05, 0) is 12.1 Å². The van der Waals surface area contributed by atoms with Crippen LogP contribution in [0.3, 0.4) is 0 Å². The van der Waals surface area contributed by atoms with E-state index in [-0.39, 0.29) is 10.6 Å². The van der Waals surface area contributed by atoms with Crippen LogP contribution in [0.25, 0.3) is 16.6 Å². The van der Waals surface area contributed by atoms with Gasteiger partial charge in [0.1, 0.15) is 0 Å². The lowest BCUT2D eigenvalue weighted by atomic mass is 10.2. The van der Waals surface area contributed by atoms with Crippen molar-refractivity contribution in [2.45, 2.75) is 0 Å². The average molecular weight is 252 g/mol. The Morgan fingerprint density at radius 1 is 0.895 bits per heavy atom. The zero-order chi connectivity index (χ0) is 13.2. The molecule has 0 bridgehead atoms. The molecule has 2 aromatic carbocycles. The molecular weight excluding hydrogens is 240 g/mol. The fourth-order valence-electron chi connectivity index (χ4n) is 2.20. The van der Waals surface area contributed by atoms with Crippen molar-refractivity contribution in [1.29, 1.82) is 0 Å². The van der Waals surface area contributed by atoms with Gasteiger partial charge in [0.2, 0.25) is 5.52 Å². The minimum Gasteiger partial charge on any atom is -0.241 e. The molecule has 0 fully saturated rings. The summed E-state index contributed by atoms with van der Waals surface area (Å²) in [6, 6.07) is 18.7. The topological polar surface area (TPSA) is 44.2 Å². The number of aromatic nitrogens is 1. The van der Waals surface area contributed by atoms with Crippen molar-refractivity contribution in [2.75, 3.05) is 0 Å². The summed E-state index contributed by atoms with van der Waals surface area (Å²) in [6.07, 6.45) is 1.87. The average Bonchev–Trinajstić information content (AvgIpc) is 2.46. The van der Waals surface area contributed by atoms with E-state index < -0.39 is 0 Å². The monoisotopic (exact) mass is 252 g/mol. The summed E-state index contributed by atoms with van der Waals surface area (Å²) in [5, 5.41) is 10.3. The van der Waals surface area contributed by atoms with Gasteiger partial charge in [-0.1, -0.05) is 24.3 Å². The number of fused-ring (bicyclic) bond motifs is 1. The first-order chi connectivity index (χ1) is 9.27. The van der Waals surface area contributed by atoms with Crippen molar-refractivity contribution in [3.63, 3.8) is 0 Å². The second-order valence-electron chi connectivity index (χ2n) is 4.20. The maximum atomic E-state index is 11.2. The minimum absolute atomic E-state index is 0.107. The third-order valence-electron chi connectivity index (χ3n) is 3.05. The van der Waals surface area contributed by atoms with Gasteiger partial charge in [0, 0.05) is 29.7 Å². The molecule has 0 spiro atoms. The minimum atomic E-state index is -0.107. The smallest absolute Gasteiger partial charge is 0.241 e. The van der Waals surface area contributed by atoms with Crippen molar-refractivity contribution >= 4 is 16.6 Å². The predicted molar refractivity (Wildman–Crippen MR) is 70.6 cm³/mol. The van der Waals surface area contributed by atoms with Gasteiger partial charge in [-0.2, -0.15) is 4.57 Å². The van der Waals surface area contributed by atoms with Crippen LogP contribution in [0.4, 0.5) is 5.69 Å². The van der Waals surface area contributed by atoms with Gasteiger partial charge in [0.05, 0.1) is 4.91 Å². The number of hydrogen-bond acceptors (Lipinski definition) is 1. The van der Waals surface area contributed by atoms with Crippen LogP contribution in [-0.2, 0) is 0 Å². The van der Waals surface area contributed by atoms with E-state index in [1.165, 1.54) is 0 Å². The Labute approximate surface area is 109 Å². The number of hydrogen-bond donors (Lipinski definition) is 1. The highest BCUT2D eigenvalue weighted by molar-refractivity contribution is 5.75. The highest BCUT2D eigenvalue weighted by Crippen LogP contribution is 2.19. The summed E-state index contributed by atoms with van der Waals surface area (Å²) in [7, 11) is 0. The van der Waals surface area contributed by atoms with E-state index in [4.69, 9.17) is 0 Å². The van der Waals surface area contributed by atoms with E-state index in [2.05, 4.69) is 0 Å². The lowest BCUT2D eigenvalue weighted by Gasteiger charge is -1.99. The van der Waals surface area contributed by atoms with Gasteiger partial charge in [-0.25, -0.2) is 5.21 Å². The molecular formula is C15H12N2O2+2. The highest BCUT2D eigenvalue weighted by atomic mass is 16.6. The summed E-state index contributed by atoms with van der Waals surface area (Å²) < 4.78 is 1.88. The van der Waals surface area contributed by atoms with Gasteiger partial charge >= 0.3 is 5.69 Å². The SMILES string of the molecule is O=[N+](O)c1ccccc1-[n+]1cccc2ccccc21. The second-order valence-corrected chi connectivity index (χ2v) is 4.20. The molecule has 1 N–H and O–H groups in total. The summed E-state index contributed by atoms with van der Waals surface area (Å²) in [5.41, 5.74) is 1.82. The van der Waals surface area contributed by atoms with E-state index in [9.17, 15) is 10.1 Å². The maximum Gasteiger partial charge on any atom is 0.387 e. The molecule has 0 amide bonds. The molecule has 0 saturated heterocycles. The van der Waals surface area contributed by atoms with E-state index in [0.29, 0.717) is 5.69 Å². The van der Waals surface area contributed by atoms with Gasteiger partial charge in [-0.3, -0.25) is 0 Å². The summed E-state index contributed by atoms with van der Waals surface area (Å²) in [6.45, 7) is 0. The molecule has 0 atom stereocenters. The predicted octanol–water partition coefficient (Wildman–Crippen LogP) is 2.92. The molecule has 3 aromatic rings. The van der Waals surface area contributed by atoms with Crippen LogP contribution in [0.2, 0.25) is 0 Å². The zero-order valence-electron chi connectivity index (χ0n) is 10.1. The molecule has 0 saturated carbocycles. The summed E-state index contributed by atoms with van der Waals surface area (Å²) in [5.74, 6) is 0. The van der Waals surface area contributed by atoms with Crippen LogP contribution in [0, 0.1) is 4.91 Å². The number of para-hydroxylation sites is 3. The molecule has 3 rings (SSSR count). The van der Waals surface area contributed by atoms with E-state index in [1.807, 2.05) is 53.2 Å². The van der Waals surface area contributed by atoms with E-state index in [0.717, 1.165) is 10.9 Å². The van der Waals surface area contributed by atoms with Crippen LogP contribution in [0.5, 0.6) is 0 Å². The fourth-order valence-corrected chi connectivity index (χ4v) is 2.20. The van der Waals surface area contributed by atoms with Crippen molar-refractivity contribution in [3.05, 3.63) is 71.8 Å².